The standard InChI is InChI=1S/C18H23FN2O2/c1-18(23,12-4-6-13(19)7-5-12)9-20-17(22)21-16-14-10-2-3-11(8-10)15(14)16/h4-7,10-11,14-16,23H,2-3,8-9H2,1H3,(H2,20,21,22). The van der Waals surface area contributed by atoms with Crippen LogP contribution in [-0.2, 0) is 5.60 Å². The maximum absolute atomic E-state index is 13.0. The minimum absolute atomic E-state index is 0.0966. The highest BCUT2D eigenvalue weighted by Gasteiger charge is 2.65. The van der Waals surface area contributed by atoms with Gasteiger partial charge in [0.05, 0.1) is 6.54 Å². The number of hydrogen-bond acceptors (Lipinski definition) is 2. The van der Waals surface area contributed by atoms with Gasteiger partial charge < -0.3 is 15.7 Å². The molecule has 2 bridgehead atoms. The molecule has 124 valence electrons. The molecule has 4 rings (SSSR count). The normalized spacial score (nSPS) is 36.2. The Labute approximate surface area is 135 Å². The Kier molecular flexibility index (Phi) is 3.38. The molecule has 0 aliphatic heterocycles. The summed E-state index contributed by atoms with van der Waals surface area (Å²) in [6.07, 6.45) is 4.00. The Morgan fingerprint density at radius 3 is 2.48 bits per heavy atom. The van der Waals surface area contributed by atoms with Gasteiger partial charge in [-0.15, -0.1) is 0 Å². The first-order valence-electron chi connectivity index (χ1n) is 8.48. The van der Waals surface area contributed by atoms with Crippen LogP contribution in [0, 0.1) is 29.5 Å². The second-order valence-corrected chi connectivity index (χ2v) is 7.62. The van der Waals surface area contributed by atoms with Gasteiger partial charge in [-0.3, -0.25) is 0 Å². The van der Waals surface area contributed by atoms with Gasteiger partial charge >= 0.3 is 6.03 Å². The molecule has 1 aromatic carbocycles. The van der Waals surface area contributed by atoms with Crippen molar-refractivity contribution in [2.24, 2.45) is 23.7 Å². The molecule has 2 amide bonds. The third-order valence-corrected chi connectivity index (χ3v) is 6.09. The Bertz CT molecular complexity index is 600. The molecule has 0 spiro atoms. The highest BCUT2D eigenvalue weighted by atomic mass is 19.1. The molecule has 0 aromatic heterocycles. The third-order valence-electron chi connectivity index (χ3n) is 6.09. The zero-order chi connectivity index (χ0) is 16.2. The van der Waals surface area contributed by atoms with E-state index in [4.69, 9.17) is 0 Å². The largest absolute Gasteiger partial charge is 0.384 e. The van der Waals surface area contributed by atoms with Crippen molar-refractivity contribution < 1.29 is 14.3 Å². The Balaban J connectivity index is 1.29. The van der Waals surface area contributed by atoms with Crippen LogP contribution in [0.4, 0.5) is 9.18 Å². The first-order valence-corrected chi connectivity index (χ1v) is 8.48. The van der Waals surface area contributed by atoms with Crippen LogP contribution >= 0.6 is 0 Å². The number of benzene rings is 1. The van der Waals surface area contributed by atoms with Gasteiger partial charge in [-0.05, 0) is 67.6 Å². The fourth-order valence-electron chi connectivity index (χ4n) is 4.88. The molecular formula is C18H23FN2O2. The lowest BCUT2D eigenvalue weighted by Crippen LogP contribution is -2.45. The lowest BCUT2D eigenvalue weighted by atomic mass is 9.96. The van der Waals surface area contributed by atoms with Gasteiger partial charge in [0.2, 0.25) is 0 Å². The van der Waals surface area contributed by atoms with E-state index in [0.717, 1.165) is 11.8 Å². The molecule has 3 fully saturated rings. The summed E-state index contributed by atoms with van der Waals surface area (Å²) in [7, 11) is 0. The number of amides is 2. The highest BCUT2D eigenvalue weighted by molar-refractivity contribution is 5.75. The van der Waals surface area contributed by atoms with Crippen LogP contribution in [0.5, 0.6) is 0 Å². The molecule has 4 nitrogen and oxygen atoms in total. The average molecular weight is 318 g/mol. The number of fused-ring (bicyclic) bond motifs is 5. The number of carbonyl (C=O) groups excluding carboxylic acids is 1. The van der Waals surface area contributed by atoms with Crippen LogP contribution in [0.2, 0.25) is 0 Å². The van der Waals surface area contributed by atoms with Crippen molar-refractivity contribution in [1.29, 1.82) is 0 Å². The van der Waals surface area contributed by atoms with Crippen molar-refractivity contribution in [3.05, 3.63) is 35.6 Å². The van der Waals surface area contributed by atoms with E-state index in [2.05, 4.69) is 10.6 Å². The van der Waals surface area contributed by atoms with Crippen LogP contribution in [0.1, 0.15) is 31.7 Å². The summed E-state index contributed by atoms with van der Waals surface area (Å²) >= 11 is 0. The number of hydrogen-bond donors (Lipinski definition) is 3. The van der Waals surface area contributed by atoms with Crippen LogP contribution in [0.15, 0.2) is 24.3 Å². The van der Waals surface area contributed by atoms with Gasteiger partial charge in [-0.1, -0.05) is 12.1 Å². The summed E-state index contributed by atoms with van der Waals surface area (Å²) in [5.74, 6) is 2.68. The van der Waals surface area contributed by atoms with Crippen LogP contribution in [0.25, 0.3) is 0 Å². The van der Waals surface area contributed by atoms with E-state index in [0.29, 0.717) is 23.4 Å². The van der Waals surface area contributed by atoms with Crippen LogP contribution < -0.4 is 10.6 Å². The summed E-state index contributed by atoms with van der Waals surface area (Å²) in [4.78, 5) is 12.1. The summed E-state index contributed by atoms with van der Waals surface area (Å²) in [6, 6.07) is 5.81. The molecule has 0 radical (unpaired) electrons. The van der Waals surface area contributed by atoms with Crippen LogP contribution in [0.3, 0.4) is 0 Å². The molecule has 3 aliphatic carbocycles. The quantitative estimate of drug-likeness (QED) is 0.798. The summed E-state index contributed by atoms with van der Waals surface area (Å²) in [6.45, 7) is 1.71. The van der Waals surface area contributed by atoms with Crippen molar-refractivity contribution in [2.75, 3.05) is 6.54 Å². The van der Waals surface area contributed by atoms with Crippen molar-refractivity contribution in [3.8, 4) is 0 Å². The Morgan fingerprint density at radius 2 is 1.87 bits per heavy atom. The highest BCUT2D eigenvalue weighted by Crippen LogP contribution is 2.65. The van der Waals surface area contributed by atoms with Gasteiger partial charge in [-0.2, -0.15) is 0 Å². The molecule has 1 aromatic rings. The molecule has 3 aliphatic rings. The van der Waals surface area contributed by atoms with Crippen molar-refractivity contribution in [2.45, 2.75) is 37.8 Å². The van der Waals surface area contributed by atoms with E-state index in [9.17, 15) is 14.3 Å². The molecule has 23 heavy (non-hydrogen) atoms. The van der Waals surface area contributed by atoms with Gasteiger partial charge in [0.1, 0.15) is 11.4 Å². The number of carbonyl (C=O) groups is 1. The monoisotopic (exact) mass is 318 g/mol. The zero-order valence-electron chi connectivity index (χ0n) is 13.3. The van der Waals surface area contributed by atoms with E-state index in [1.807, 2.05) is 0 Å². The molecular weight excluding hydrogens is 295 g/mol. The Hall–Kier alpha value is -1.62. The minimum Gasteiger partial charge on any atom is -0.384 e. The molecule has 0 saturated heterocycles. The van der Waals surface area contributed by atoms with Gasteiger partial charge in [0, 0.05) is 6.04 Å². The first kappa shape index (κ1) is 14.9. The second-order valence-electron chi connectivity index (χ2n) is 7.62. The average Bonchev–Trinajstić information content (AvgIpc) is 2.91. The molecule has 3 N–H and O–H groups in total. The predicted molar refractivity (Wildman–Crippen MR) is 84.1 cm³/mol. The summed E-state index contributed by atoms with van der Waals surface area (Å²) in [5, 5.41) is 16.3. The lowest BCUT2D eigenvalue weighted by Gasteiger charge is -2.24. The van der Waals surface area contributed by atoms with E-state index in [1.165, 1.54) is 43.5 Å². The van der Waals surface area contributed by atoms with Gasteiger partial charge in [0.25, 0.3) is 0 Å². The number of halogens is 1. The number of rotatable bonds is 4. The molecule has 5 heteroatoms. The summed E-state index contributed by atoms with van der Waals surface area (Å²) in [5.41, 5.74) is -0.635. The maximum atomic E-state index is 13.0. The SMILES string of the molecule is CC(O)(CNC(=O)NC1C2C3CCC(C3)C12)c1ccc(F)cc1. The predicted octanol–water partition coefficient (Wildman–Crippen LogP) is 2.38. The number of urea groups is 1. The number of aliphatic hydroxyl groups is 1. The van der Waals surface area contributed by atoms with E-state index < -0.39 is 5.60 Å². The fraction of sp³-hybridized carbons (Fsp3) is 0.611. The molecule has 5 unspecified atom stereocenters. The van der Waals surface area contributed by atoms with Crippen molar-refractivity contribution >= 4 is 6.03 Å². The summed E-state index contributed by atoms with van der Waals surface area (Å²) < 4.78 is 13.0. The maximum Gasteiger partial charge on any atom is 0.315 e. The smallest absolute Gasteiger partial charge is 0.315 e. The first-order chi connectivity index (χ1) is 11.0. The second kappa shape index (κ2) is 5.20. The van der Waals surface area contributed by atoms with Crippen molar-refractivity contribution in [3.63, 3.8) is 0 Å². The third kappa shape index (κ3) is 2.61. The zero-order valence-corrected chi connectivity index (χ0v) is 13.3. The fourth-order valence-corrected chi connectivity index (χ4v) is 4.88. The lowest BCUT2D eigenvalue weighted by molar-refractivity contribution is 0.0592. The van der Waals surface area contributed by atoms with Gasteiger partial charge in [-0.25, -0.2) is 9.18 Å². The Morgan fingerprint density at radius 1 is 1.26 bits per heavy atom. The van der Waals surface area contributed by atoms with E-state index in [1.54, 1.807) is 6.92 Å². The van der Waals surface area contributed by atoms with Crippen molar-refractivity contribution in [1.82, 2.24) is 10.6 Å². The van der Waals surface area contributed by atoms with E-state index >= 15 is 0 Å². The number of nitrogens with one attached hydrogen (secondary N) is 2. The molecule has 5 atom stereocenters. The molecule has 3 saturated carbocycles. The van der Waals surface area contributed by atoms with Gasteiger partial charge in [0.15, 0.2) is 0 Å². The van der Waals surface area contributed by atoms with Crippen LogP contribution in [-0.4, -0.2) is 23.7 Å². The topological polar surface area (TPSA) is 61.4 Å². The minimum atomic E-state index is -1.22. The molecule has 0 heterocycles. The van der Waals surface area contributed by atoms with E-state index in [-0.39, 0.29) is 18.4 Å².